The van der Waals surface area contributed by atoms with Crippen LogP contribution in [0.4, 0.5) is 5.95 Å². The van der Waals surface area contributed by atoms with E-state index in [2.05, 4.69) is 53.5 Å². The van der Waals surface area contributed by atoms with Crippen LogP contribution in [-0.4, -0.2) is 73.1 Å². The maximum atomic E-state index is 13.5. The summed E-state index contributed by atoms with van der Waals surface area (Å²) >= 11 is 0. The Labute approximate surface area is 238 Å². The van der Waals surface area contributed by atoms with Crippen LogP contribution in [0, 0.1) is 0 Å². The number of nitrogens with zero attached hydrogens (tertiary/aromatic N) is 9. The molecule has 1 atom stereocenters. The predicted molar refractivity (Wildman–Crippen MR) is 148 cm³/mol. The molecular formula is C24H29N10O7P. The fraction of sp³-hybridized carbons (Fsp3) is 0.417. The first-order chi connectivity index (χ1) is 19.8. The van der Waals surface area contributed by atoms with Crippen LogP contribution in [0.15, 0.2) is 40.7 Å². The summed E-state index contributed by atoms with van der Waals surface area (Å²) in [5.41, 5.74) is -0.560. The van der Waals surface area contributed by atoms with Gasteiger partial charge < -0.3 is 24.6 Å². The number of hydrogen-bond acceptors (Lipinski definition) is 11. The van der Waals surface area contributed by atoms with E-state index in [1.807, 2.05) is 0 Å². The number of fused-ring (bicyclic) bond motifs is 1. The Balaban J connectivity index is 1.57. The summed E-state index contributed by atoms with van der Waals surface area (Å²) in [6, 6.07) is -1.40. The lowest BCUT2D eigenvalue weighted by Crippen LogP contribution is -2.39. The smallest absolute Gasteiger partial charge is 0.336 e. The molecular weight excluding hydrogens is 571 g/mol. The van der Waals surface area contributed by atoms with Crippen molar-refractivity contribution in [3.05, 3.63) is 57.6 Å². The Morgan fingerprint density at radius 1 is 1.12 bits per heavy atom. The first-order valence-electron chi connectivity index (χ1n) is 12.8. The van der Waals surface area contributed by atoms with Gasteiger partial charge >= 0.3 is 13.5 Å². The third kappa shape index (κ3) is 5.46. The van der Waals surface area contributed by atoms with Gasteiger partial charge in [0.05, 0.1) is 30.1 Å². The number of imidazole rings is 1. The van der Waals surface area contributed by atoms with E-state index in [9.17, 15) is 18.9 Å². The standard InChI is InChI=1S/C24H29N10O7P/c1-24(2)6-5-7-34(24)22-26-8-14(9-27-22)15-10-25-11-16(30-15)17(20(35)29-13-41-42(38,39)40)33-12-28-19-18(33)21(36)32(4)23(37)31(19)3/h8-12,17H,5-7,13H2,1-4H3,(H,29,35)(H2,38,39,40). The Kier molecular flexibility index (Phi) is 7.53. The lowest BCUT2D eigenvalue weighted by molar-refractivity contribution is -0.124. The second kappa shape index (κ2) is 10.8. The number of nitrogens with one attached hydrogen (secondary N) is 1. The lowest BCUT2D eigenvalue weighted by Gasteiger charge is -2.31. The number of phosphoric ester groups is 1. The van der Waals surface area contributed by atoms with Gasteiger partial charge in [0.25, 0.3) is 11.5 Å². The molecule has 3 N–H and O–H groups in total. The molecule has 0 aromatic carbocycles. The van der Waals surface area contributed by atoms with E-state index in [1.165, 1.54) is 37.4 Å². The van der Waals surface area contributed by atoms with Gasteiger partial charge in [-0.05, 0) is 26.7 Å². The zero-order valence-corrected chi connectivity index (χ0v) is 24.1. The van der Waals surface area contributed by atoms with E-state index < -0.39 is 37.8 Å². The van der Waals surface area contributed by atoms with Crippen LogP contribution in [-0.2, 0) is 28.0 Å². The molecule has 1 saturated heterocycles. The molecule has 1 aliphatic heterocycles. The fourth-order valence-electron chi connectivity index (χ4n) is 4.97. The molecule has 0 radical (unpaired) electrons. The van der Waals surface area contributed by atoms with Crippen LogP contribution < -0.4 is 21.5 Å². The molecule has 1 unspecified atom stereocenters. The SMILES string of the molecule is Cn1c(=O)c2c(ncn2C(C(=O)NCOP(=O)(O)O)c2cncc(-c3cnc(N4CCCC4(C)C)nc3)n2)n(C)c1=O. The van der Waals surface area contributed by atoms with Crippen molar-refractivity contribution in [3.8, 4) is 11.3 Å². The van der Waals surface area contributed by atoms with Gasteiger partial charge in [-0.15, -0.1) is 0 Å². The maximum absolute atomic E-state index is 13.5. The van der Waals surface area contributed by atoms with Crippen molar-refractivity contribution < 1.29 is 23.7 Å². The Hall–Kier alpha value is -4.31. The fourth-order valence-corrected chi connectivity index (χ4v) is 5.20. The second-order valence-electron chi connectivity index (χ2n) is 10.4. The highest BCUT2D eigenvalue weighted by atomic mass is 31.2. The highest BCUT2D eigenvalue weighted by molar-refractivity contribution is 7.46. The number of anilines is 1. The van der Waals surface area contributed by atoms with Crippen LogP contribution in [0.3, 0.4) is 0 Å². The van der Waals surface area contributed by atoms with Crippen molar-refractivity contribution in [2.24, 2.45) is 14.1 Å². The normalized spacial score (nSPS) is 15.7. The molecule has 5 rings (SSSR count). The highest BCUT2D eigenvalue weighted by Crippen LogP contribution is 2.35. The minimum atomic E-state index is -4.89. The van der Waals surface area contributed by atoms with Crippen LogP contribution in [0.2, 0.25) is 0 Å². The predicted octanol–water partition coefficient (Wildman–Crippen LogP) is -0.168. The number of carbonyl (C=O) groups excluding carboxylic acids is 1. The van der Waals surface area contributed by atoms with E-state index in [-0.39, 0.29) is 22.4 Å². The third-order valence-corrected chi connectivity index (χ3v) is 7.65. The van der Waals surface area contributed by atoms with Crippen molar-refractivity contribution in [1.29, 1.82) is 0 Å². The van der Waals surface area contributed by atoms with Gasteiger partial charge in [-0.25, -0.2) is 29.3 Å². The minimum absolute atomic E-state index is 0.0188. The third-order valence-electron chi connectivity index (χ3n) is 7.19. The molecule has 17 nitrogen and oxygen atoms in total. The van der Waals surface area contributed by atoms with Crippen LogP contribution in [0.1, 0.15) is 38.4 Å². The molecule has 1 aliphatic rings. The largest absolute Gasteiger partial charge is 0.471 e. The molecule has 4 aromatic rings. The summed E-state index contributed by atoms with van der Waals surface area (Å²) in [6.07, 6.45) is 9.23. The van der Waals surface area contributed by atoms with Gasteiger partial charge in [0.2, 0.25) is 5.95 Å². The molecule has 1 fully saturated rings. The van der Waals surface area contributed by atoms with Crippen LogP contribution in [0.5, 0.6) is 0 Å². The zero-order valence-electron chi connectivity index (χ0n) is 23.2. The summed E-state index contributed by atoms with van der Waals surface area (Å²) in [5.74, 6) is -0.257. The van der Waals surface area contributed by atoms with Gasteiger partial charge in [-0.3, -0.25) is 28.2 Å². The summed E-state index contributed by atoms with van der Waals surface area (Å²) in [7, 11) is -2.17. The van der Waals surface area contributed by atoms with Crippen molar-refractivity contribution >= 4 is 30.8 Å². The quantitative estimate of drug-likeness (QED) is 0.177. The van der Waals surface area contributed by atoms with Crippen molar-refractivity contribution in [1.82, 2.24) is 43.9 Å². The number of amides is 1. The Morgan fingerprint density at radius 3 is 2.48 bits per heavy atom. The second-order valence-corrected chi connectivity index (χ2v) is 11.6. The molecule has 5 heterocycles. The zero-order chi connectivity index (χ0) is 30.4. The molecule has 1 amide bonds. The van der Waals surface area contributed by atoms with Crippen molar-refractivity contribution in [2.75, 3.05) is 18.2 Å². The first-order valence-corrected chi connectivity index (χ1v) is 14.3. The van der Waals surface area contributed by atoms with E-state index in [0.29, 0.717) is 17.2 Å². The van der Waals surface area contributed by atoms with Crippen LogP contribution in [0.25, 0.3) is 22.4 Å². The minimum Gasteiger partial charge on any atom is -0.336 e. The van der Waals surface area contributed by atoms with Crippen molar-refractivity contribution in [3.63, 3.8) is 0 Å². The summed E-state index contributed by atoms with van der Waals surface area (Å²) < 4.78 is 18.8. The number of hydrogen-bond donors (Lipinski definition) is 3. The number of aromatic nitrogens is 8. The van der Waals surface area contributed by atoms with E-state index in [1.54, 1.807) is 12.4 Å². The monoisotopic (exact) mass is 600 g/mol. The van der Waals surface area contributed by atoms with Gasteiger partial charge in [0.15, 0.2) is 17.2 Å². The van der Waals surface area contributed by atoms with Gasteiger partial charge in [-0.1, -0.05) is 0 Å². The van der Waals surface area contributed by atoms with Gasteiger partial charge in [0, 0.05) is 44.1 Å². The number of carbonyl (C=O) groups is 1. The molecule has 0 aliphatic carbocycles. The summed E-state index contributed by atoms with van der Waals surface area (Å²) in [5, 5.41) is 2.28. The molecule has 0 saturated carbocycles. The van der Waals surface area contributed by atoms with Gasteiger partial charge in [-0.2, -0.15) is 0 Å². The maximum Gasteiger partial charge on any atom is 0.471 e. The van der Waals surface area contributed by atoms with Gasteiger partial charge in [0.1, 0.15) is 6.73 Å². The Morgan fingerprint density at radius 2 is 1.83 bits per heavy atom. The lowest BCUT2D eigenvalue weighted by atomic mass is 10.0. The topological polar surface area (TPSA) is 212 Å². The van der Waals surface area contributed by atoms with Crippen molar-refractivity contribution in [2.45, 2.75) is 38.3 Å². The Bertz CT molecular complexity index is 1830. The molecule has 18 heteroatoms. The first kappa shape index (κ1) is 29.2. The molecule has 0 bridgehead atoms. The van der Waals surface area contributed by atoms with E-state index >= 15 is 0 Å². The molecule has 222 valence electrons. The highest BCUT2D eigenvalue weighted by Gasteiger charge is 2.34. The molecule has 0 spiro atoms. The van der Waals surface area contributed by atoms with Crippen LogP contribution >= 0.6 is 7.82 Å². The molecule has 4 aromatic heterocycles. The van der Waals surface area contributed by atoms with E-state index in [0.717, 1.165) is 28.5 Å². The number of phosphoric acid groups is 1. The summed E-state index contributed by atoms with van der Waals surface area (Å²) in [4.78, 5) is 81.2. The average Bonchev–Trinajstić information content (AvgIpc) is 3.53. The summed E-state index contributed by atoms with van der Waals surface area (Å²) in [6.45, 7) is 4.27. The number of rotatable bonds is 8. The van der Waals surface area contributed by atoms with E-state index in [4.69, 9.17) is 9.79 Å². The molecule has 42 heavy (non-hydrogen) atoms. The average molecular weight is 601 g/mol. The number of aryl methyl sites for hydroxylation is 1.